The Hall–Kier alpha value is -0.0800. The summed E-state index contributed by atoms with van der Waals surface area (Å²) >= 11 is 0. The summed E-state index contributed by atoms with van der Waals surface area (Å²) in [6.45, 7) is 19.3. The van der Waals surface area contributed by atoms with Crippen LogP contribution in [-0.4, -0.2) is 23.8 Å². The van der Waals surface area contributed by atoms with Gasteiger partial charge in [-0.3, -0.25) is 0 Å². The zero-order valence-electron chi connectivity index (χ0n) is 14.4. The lowest BCUT2D eigenvalue weighted by molar-refractivity contribution is -0.0320. The third-order valence-electron chi connectivity index (χ3n) is 4.21. The van der Waals surface area contributed by atoms with Crippen molar-refractivity contribution in [2.75, 3.05) is 6.54 Å². The number of hydrogen-bond donors (Lipinski definition) is 1. The van der Waals surface area contributed by atoms with Crippen LogP contribution in [0, 0.1) is 11.3 Å². The molecule has 0 amide bonds. The maximum absolute atomic E-state index is 6.18. The van der Waals surface area contributed by atoms with Crippen molar-refractivity contribution in [3.8, 4) is 0 Å². The van der Waals surface area contributed by atoms with Crippen LogP contribution >= 0.6 is 0 Å². The molecule has 0 radical (unpaired) electrons. The molecule has 0 aromatic carbocycles. The van der Waals surface area contributed by atoms with Gasteiger partial charge in [-0.15, -0.1) is 0 Å². The molecule has 2 nitrogen and oxygen atoms in total. The summed E-state index contributed by atoms with van der Waals surface area (Å²) in [5.74, 6) is 0.658. The van der Waals surface area contributed by atoms with Crippen LogP contribution in [0.3, 0.4) is 0 Å². The number of ether oxygens (including phenoxy) is 1. The Bertz CT molecular complexity index is 283. The van der Waals surface area contributed by atoms with Gasteiger partial charge >= 0.3 is 0 Å². The van der Waals surface area contributed by atoms with E-state index in [1.165, 1.54) is 19.3 Å². The predicted octanol–water partition coefficient (Wildman–Crippen LogP) is 4.38. The van der Waals surface area contributed by atoms with Crippen LogP contribution in [0.5, 0.6) is 0 Å². The summed E-state index contributed by atoms with van der Waals surface area (Å²) < 4.78 is 6.18. The zero-order valence-corrected chi connectivity index (χ0v) is 14.4. The van der Waals surface area contributed by atoms with E-state index in [1.54, 1.807) is 0 Å². The van der Waals surface area contributed by atoms with Crippen molar-refractivity contribution in [1.29, 1.82) is 0 Å². The summed E-state index contributed by atoms with van der Waals surface area (Å²) in [5, 5.41) is 3.67. The van der Waals surface area contributed by atoms with Gasteiger partial charge in [0.25, 0.3) is 0 Å². The largest absolute Gasteiger partial charge is 0.372 e. The molecule has 0 aromatic rings. The van der Waals surface area contributed by atoms with Gasteiger partial charge in [0.05, 0.1) is 11.7 Å². The molecular formula is C17H35NO. The number of rotatable bonds is 4. The Morgan fingerprint density at radius 1 is 1.16 bits per heavy atom. The van der Waals surface area contributed by atoms with Crippen molar-refractivity contribution in [2.45, 2.75) is 91.9 Å². The Morgan fingerprint density at radius 2 is 1.74 bits per heavy atom. The predicted molar refractivity (Wildman–Crippen MR) is 83.5 cm³/mol. The highest BCUT2D eigenvalue weighted by atomic mass is 16.5. The topological polar surface area (TPSA) is 21.3 Å². The molecule has 2 atom stereocenters. The smallest absolute Gasteiger partial charge is 0.0631 e. The zero-order chi connectivity index (χ0) is 14.9. The van der Waals surface area contributed by atoms with Crippen molar-refractivity contribution in [1.82, 2.24) is 5.32 Å². The van der Waals surface area contributed by atoms with Crippen LogP contribution in [0.1, 0.15) is 74.7 Å². The molecular weight excluding hydrogens is 234 g/mol. The molecule has 114 valence electrons. The molecule has 2 heteroatoms. The SMILES string of the molecule is CC(C)(C)NCC(CC1CCC(C)(C)O1)C(C)(C)C. The van der Waals surface area contributed by atoms with Crippen LogP contribution in [-0.2, 0) is 4.74 Å². The van der Waals surface area contributed by atoms with Crippen LogP contribution in [0.25, 0.3) is 0 Å². The van der Waals surface area contributed by atoms with Gasteiger partial charge in [-0.05, 0) is 71.8 Å². The normalized spacial score (nSPS) is 25.6. The van der Waals surface area contributed by atoms with Crippen molar-refractivity contribution < 1.29 is 4.74 Å². The Balaban J connectivity index is 2.56. The lowest BCUT2D eigenvalue weighted by Crippen LogP contribution is -2.43. The summed E-state index contributed by atoms with van der Waals surface area (Å²) in [7, 11) is 0. The maximum Gasteiger partial charge on any atom is 0.0631 e. The maximum atomic E-state index is 6.18. The fourth-order valence-electron chi connectivity index (χ4n) is 2.73. The third kappa shape index (κ3) is 6.27. The van der Waals surface area contributed by atoms with Crippen molar-refractivity contribution in [2.24, 2.45) is 11.3 Å². The van der Waals surface area contributed by atoms with Gasteiger partial charge in [-0.2, -0.15) is 0 Å². The van der Waals surface area contributed by atoms with E-state index in [0.717, 1.165) is 6.54 Å². The van der Waals surface area contributed by atoms with Crippen molar-refractivity contribution in [3.05, 3.63) is 0 Å². The molecule has 1 aliphatic rings. The van der Waals surface area contributed by atoms with Crippen LogP contribution in [0.2, 0.25) is 0 Å². The molecule has 0 aliphatic carbocycles. The van der Waals surface area contributed by atoms with Gasteiger partial charge in [0, 0.05) is 5.54 Å². The van der Waals surface area contributed by atoms with Crippen LogP contribution < -0.4 is 5.32 Å². The van der Waals surface area contributed by atoms with Gasteiger partial charge in [-0.1, -0.05) is 20.8 Å². The molecule has 1 fully saturated rings. The quantitative estimate of drug-likeness (QED) is 0.817. The van der Waals surface area contributed by atoms with E-state index in [-0.39, 0.29) is 11.1 Å². The fourth-order valence-corrected chi connectivity index (χ4v) is 2.73. The highest BCUT2D eigenvalue weighted by molar-refractivity contribution is 4.87. The second-order valence-corrected chi connectivity index (χ2v) is 8.97. The lowest BCUT2D eigenvalue weighted by Gasteiger charge is -2.35. The molecule has 19 heavy (non-hydrogen) atoms. The van der Waals surface area contributed by atoms with E-state index < -0.39 is 0 Å². The number of nitrogens with one attached hydrogen (secondary N) is 1. The molecule has 1 heterocycles. The third-order valence-corrected chi connectivity index (χ3v) is 4.21. The second-order valence-electron chi connectivity index (χ2n) is 8.97. The molecule has 0 spiro atoms. The van der Waals surface area contributed by atoms with Gasteiger partial charge < -0.3 is 10.1 Å². The first-order valence-electron chi connectivity index (χ1n) is 7.82. The average Bonchev–Trinajstić information content (AvgIpc) is 2.49. The first-order valence-corrected chi connectivity index (χ1v) is 7.82. The van der Waals surface area contributed by atoms with Crippen LogP contribution in [0.4, 0.5) is 0 Å². The van der Waals surface area contributed by atoms with Gasteiger partial charge in [0.1, 0.15) is 0 Å². The molecule has 1 aliphatic heterocycles. The Labute approximate surface area is 120 Å². The minimum absolute atomic E-state index is 0.0879. The first-order chi connectivity index (χ1) is 8.39. The minimum atomic E-state index is 0.0879. The molecule has 1 N–H and O–H groups in total. The molecule has 1 saturated heterocycles. The average molecular weight is 269 g/mol. The Kier molecular flexibility index (Phi) is 5.12. The molecule has 2 unspecified atom stereocenters. The highest BCUT2D eigenvalue weighted by Crippen LogP contribution is 2.37. The van der Waals surface area contributed by atoms with E-state index in [4.69, 9.17) is 4.74 Å². The molecule has 0 aromatic heterocycles. The van der Waals surface area contributed by atoms with E-state index in [1.807, 2.05) is 0 Å². The van der Waals surface area contributed by atoms with Crippen molar-refractivity contribution >= 4 is 0 Å². The molecule has 0 saturated carbocycles. The van der Waals surface area contributed by atoms with E-state index in [9.17, 15) is 0 Å². The molecule has 1 rings (SSSR count). The number of hydrogen-bond acceptors (Lipinski definition) is 2. The van der Waals surface area contributed by atoms with Crippen LogP contribution in [0.15, 0.2) is 0 Å². The van der Waals surface area contributed by atoms with Gasteiger partial charge in [0.15, 0.2) is 0 Å². The van der Waals surface area contributed by atoms with E-state index in [2.05, 4.69) is 60.7 Å². The monoisotopic (exact) mass is 269 g/mol. The highest BCUT2D eigenvalue weighted by Gasteiger charge is 2.35. The van der Waals surface area contributed by atoms with E-state index >= 15 is 0 Å². The summed E-state index contributed by atoms with van der Waals surface area (Å²) in [4.78, 5) is 0. The Morgan fingerprint density at radius 3 is 2.11 bits per heavy atom. The first kappa shape index (κ1) is 17.0. The lowest BCUT2D eigenvalue weighted by atomic mass is 9.77. The molecule has 0 bridgehead atoms. The van der Waals surface area contributed by atoms with E-state index in [0.29, 0.717) is 17.4 Å². The summed E-state index contributed by atoms with van der Waals surface area (Å²) in [5.41, 5.74) is 0.609. The fraction of sp³-hybridized carbons (Fsp3) is 1.00. The van der Waals surface area contributed by atoms with Gasteiger partial charge in [0.2, 0.25) is 0 Å². The minimum Gasteiger partial charge on any atom is -0.372 e. The van der Waals surface area contributed by atoms with Crippen molar-refractivity contribution in [3.63, 3.8) is 0 Å². The standard InChI is InChI=1S/C17H35NO/c1-15(2,3)13(12-18-16(4,5)6)11-14-9-10-17(7,8)19-14/h13-14,18H,9-12H2,1-8H3. The van der Waals surface area contributed by atoms with Gasteiger partial charge in [-0.25, -0.2) is 0 Å². The summed E-state index contributed by atoms with van der Waals surface area (Å²) in [6, 6.07) is 0. The second kappa shape index (κ2) is 5.73. The summed E-state index contributed by atoms with van der Waals surface area (Å²) in [6.07, 6.45) is 4.03.